The van der Waals surface area contributed by atoms with Crippen LogP contribution in [0.1, 0.15) is 50.2 Å². The van der Waals surface area contributed by atoms with Gasteiger partial charge in [-0.15, -0.1) is 0 Å². The standard InChI is InChI=1S/C19H25N3O2/c1-3-7-18(23)22-11-5-4-10-17(22)19(24)21(2)14-16-9-6-8-15(12-16)13-20/h6,8-9,12,17H,3-5,7,10-11,14H2,1-2H3/t17-/m1/s1. The summed E-state index contributed by atoms with van der Waals surface area (Å²) in [6, 6.07) is 9.04. The minimum absolute atomic E-state index is 0.0125. The van der Waals surface area contributed by atoms with Crippen molar-refractivity contribution in [2.45, 2.75) is 51.6 Å². The Bertz CT molecular complexity index is 636. The summed E-state index contributed by atoms with van der Waals surface area (Å²) in [6.45, 7) is 3.10. The lowest BCUT2D eigenvalue weighted by atomic mass is 10.00. The van der Waals surface area contributed by atoms with Crippen LogP contribution in [-0.4, -0.2) is 41.2 Å². The zero-order chi connectivity index (χ0) is 17.5. The molecule has 1 fully saturated rings. The quantitative estimate of drug-likeness (QED) is 0.835. The zero-order valence-electron chi connectivity index (χ0n) is 14.5. The van der Waals surface area contributed by atoms with Gasteiger partial charge in [0.1, 0.15) is 6.04 Å². The predicted octanol–water partition coefficient (Wildman–Crippen LogP) is 2.70. The summed E-state index contributed by atoms with van der Waals surface area (Å²) in [5, 5.41) is 8.98. The van der Waals surface area contributed by atoms with Crippen LogP contribution in [-0.2, 0) is 16.1 Å². The normalized spacial score (nSPS) is 17.2. The van der Waals surface area contributed by atoms with Gasteiger partial charge in [-0.1, -0.05) is 19.1 Å². The Morgan fingerprint density at radius 3 is 2.88 bits per heavy atom. The van der Waals surface area contributed by atoms with Gasteiger partial charge in [0.2, 0.25) is 11.8 Å². The van der Waals surface area contributed by atoms with Crippen LogP contribution in [0.5, 0.6) is 0 Å². The fraction of sp³-hybridized carbons (Fsp3) is 0.526. The van der Waals surface area contributed by atoms with Gasteiger partial charge >= 0.3 is 0 Å². The number of carbonyl (C=O) groups excluding carboxylic acids is 2. The number of likely N-dealkylation sites (tertiary alicyclic amines) is 1. The first-order valence-corrected chi connectivity index (χ1v) is 8.60. The van der Waals surface area contributed by atoms with E-state index < -0.39 is 0 Å². The lowest BCUT2D eigenvalue weighted by Gasteiger charge is -2.37. The van der Waals surface area contributed by atoms with Gasteiger partial charge in [-0.2, -0.15) is 5.26 Å². The van der Waals surface area contributed by atoms with Crippen molar-refractivity contribution in [1.29, 1.82) is 5.26 Å². The van der Waals surface area contributed by atoms with Crippen molar-refractivity contribution in [1.82, 2.24) is 9.80 Å². The van der Waals surface area contributed by atoms with Crippen LogP contribution < -0.4 is 0 Å². The molecule has 0 aliphatic carbocycles. The maximum absolute atomic E-state index is 12.8. The van der Waals surface area contributed by atoms with E-state index in [1.807, 2.05) is 19.1 Å². The molecule has 1 saturated heterocycles. The molecule has 0 N–H and O–H groups in total. The third kappa shape index (κ3) is 4.35. The summed E-state index contributed by atoms with van der Waals surface area (Å²) in [6.07, 6.45) is 3.97. The molecule has 1 atom stereocenters. The smallest absolute Gasteiger partial charge is 0.245 e. The second-order valence-electron chi connectivity index (χ2n) is 6.36. The average molecular weight is 327 g/mol. The number of nitriles is 1. The van der Waals surface area contributed by atoms with Crippen LogP contribution in [0.2, 0.25) is 0 Å². The van der Waals surface area contributed by atoms with E-state index in [2.05, 4.69) is 6.07 Å². The molecule has 1 heterocycles. The third-order valence-electron chi connectivity index (χ3n) is 4.42. The fourth-order valence-electron chi connectivity index (χ4n) is 3.19. The van der Waals surface area contributed by atoms with Crippen molar-refractivity contribution in [3.63, 3.8) is 0 Å². The van der Waals surface area contributed by atoms with Crippen molar-refractivity contribution in [3.05, 3.63) is 35.4 Å². The van der Waals surface area contributed by atoms with Gasteiger partial charge in [-0.05, 0) is 43.4 Å². The Kier molecular flexibility index (Phi) is 6.36. The molecule has 2 amide bonds. The molecule has 0 bridgehead atoms. The monoisotopic (exact) mass is 327 g/mol. The fourth-order valence-corrected chi connectivity index (χ4v) is 3.19. The van der Waals surface area contributed by atoms with Crippen molar-refractivity contribution in [3.8, 4) is 6.07 Å². The highest BCUT2D eigenvalue weighted by molar-refractivity contribution is 5.87. The maximum atomic E-state index is 12.8. The minimum Gasteiger partial charge on any atom is -0.340 e. The summed E-state index contributed by atoms with van der Waals surface area (Å²) in [5.41, 5.74) is 1.51. The van der Waals surface area contributed by atoms with E-state index in [9.17, 15) is 9.59 Å². The van der Waals surface area contributed by atoms with E-state index in [0.29, 0.717) is 25.1 Å². The van der Waals surface area contributed by atoms with Crippen LogP contribution in [0.15, 0.2) is 24.3 Å². The number of likely N-dealkylation sites (N-methyl/N-ethyl adjacent to an activating group) is 1. The molecule has 5 nitrogen and oxygen atoms in total. The first-order valence-electron chi connectivity index (χ1n) is 8.60. The lowest BCUT2D eigenvalue weighted by Crippen LogP contribution is -2.52. The molecule has 2 rings (SSSR count). The number of amides is 2. The molecule has 1 aromatic carbocycles. The first-order chi connectivity index (χ1) is 11.6. The van der Waals surface area contributed by atoms with Gasteiger partial charge in [-0.3, -0.25) is 9.59 Å². The first kappa shape index (κ1) is 18.0. The van der Waals surface area contributed by atoms with Gasteiger partial charge in [0, 0.05) is 26.6 Å². The van der Waals surface area contributed by atoms with Crippen molar-refractivity contribution in [2.75, 3.05) is 13.6 Å². The van der Waals surface area contributed by atoms with Crippen LogP contribution >= 0.6 is 0 Å². The summed E-state index contributed by atoms with van der Waals surface area (Å²) < 4.78 is 0. The highest BCUT2D eigenvalue weighted by atomic mass is 16.2. The molecule has 0 unspecified atom stereocenters. The number of carbonyl (C=O) groups is 2. The Morgan fingerprint density at radius 1 is 1.38 bits per heavy atom. The van der Waals surface area contributed by atoms with Gasteiger partial charge in [0.15, 0.2) is 0 Å². The summed E-state index contributed by atoms with van der Waals surface area (Å²) in [5.74, 6) is 0.0666. The maximum Gasteiger partial charge on any atom is 0.245 e. The average Bonchev–Trinajstić information content (AvgIpc) is 2.61. The Hall–Kier alpha value is -2.35. The van der Waals surface area contributed by atoms with Crippen molar-refractivity contribution >= 4 is 11.8 Å². The van der Waals surface area contributed by atoms with E-state index in [0.717, 1.165) is 31.2 Å². The summed E-state index contributed by atoms with van der Waals surface area (Å²) >= 11 is 0. The highest BCUT2D eigenvalue weighted by Gasteiger charge is 2.33. The molecule has 1 aliphatic rings. The third-order valence-corrected chi connectivity index (χ3v) is 4.42. The molecule has 0 aromatic heterocycles. The molecule has 0 saturated carbocycles. The largest absolute Gasteiger partial charge is 0.340 e. The van der Waals surface area contributed by atoms with E-state index in [-0.39, 0.29) is 17.9 Å². The Labute approximate surface area is 143 Å². The lowest BCUT2D eigenvalue weighted by molar-refractivity contribution is -0.147. The van der Waals surface area contributed by atoms with Crippen LogP contribution in [0, 0.1) is 11.3 Å². The number of nitrogens with zero attached hydrogens (tertiary/aromatic N) is 3. The molecule has 128 valence electrons. The number of hydrogen-bond acceptors (Lipinski definition) is 3. The number of benzene rings is 1. The van der Waals surface area contributed by atoms with E-state index >= 15 is 0 Å². The molecular weight excluding hydrogens is 302 g/mol. The number of hydrogen-bond donors (Lipinski definition) is 0. The van der Waals surface area contributed by atoms with Crippen molar-refractivity contribution < 1.29 is 9.59 Å². The van der Waals surface area contributed by atoms with E-state index in [1.165, 1.54) is 0 Å². The molecule has 1 aromatic rings. The van der Waals surface area contributed by atoms with Crippen LogP contribution in [0.3, 0.4) is 0 Å². The minimum atomic E-state index is -0.345. The highest BCUT2D eigenvalue weighted by Crippen LogP contribution is 2.21. The van der Waals surface area contributed by atoms with Gasteiger partial charge in [0.25, 0.3) is 0 Å². The number of piperidine rings is 1. The van der Waals surface area contributed by atoms with Crippen LogP contribution in [0.4, 0.5) is 0 Å². The van der Waals surface area contributed by atoms with Crippen molar-refractivity contribution in [2.24, 2.45) is 0 Å². The van der Waals surface area contributed by atoms with Gasteiger partial charge in [0.05, 0.1) is 11.6 Å². The second kappa shape index (κ2) is 8.49. The molecular formula is C19H25N3O2. The molecule has 24 heavy (non-hydrogen) atoms. The summed E-state index contributed by atoms with van der Waals surface area (Å²) in [7, 11) is 1.76. The molecule has 0 spiro atoms. The van der Waals surface area contributed by atoms with E-state index in [1.54, 1.807) is 29.0 Å². The Balaban J connectivity index is 2.07. The summed E-state index contributed by atoms with van der Waals surface area (Å²) in [4.78, 5) is 28.6. The van der Waals surface area contributed by atoms with Gasteiger partial charge in [-0.25, -0.2) is 0 Å². The topological polar surface area (TPSA) is 64.4 Å². The molecule has 0 radical (unpaired) electrons. The molecule has 1 aliphatic heterocycles. The van der Waals surface area contributed by atoms with Gasteiger partial charge < -0.3 is 9.80 Å². The zero-order valence-corrected chi connectivity index (χ0v) is 14.5. The SMILES string of the molecule is CCCC(=O)N1CCCC[C@@H]1C(=O)N(C)Cc1cccc(C#N)c1. The van der Waals surface area contributed by atoms with E-state index in [4.69, 9.17) is 5.26 Å². The molecule has 5 heteroatoms. The van der Waals surface area contributed by atoms with Crippen LogP contribution in [0.25, 0.3) is 0 Å². The number of rotatable bonds is 5. The predicted molar refractivity (Wildman–Crippen MR) is 91.9 cm³/mol. The second-order valence-corrected chi connectivity index (χ2v) is 6.36. The Morgan fingerprint density at radius 2 is 2.17 bits per heavy atom.